The Balaban J connectivity index is 1.77. The van der Waals surface area contributed by atoms with Crippen LogP contribution in [0.25, 0.3) is 0 Å². The van der Waals surface area contributed by atoms with Gasteiger partial charge in [-0.2, -0.15) is 0 Å². The molecule has 2 N–H and O–H groups in total. The molecule has 0 bridgehead atoms. The Morgan fingerprint density at radius 3 is 2.54 bits per heavy atom. The molecule has 8 nitrogen and oxygen atoms in total. The van der Waals surface area contributed by atoms with Gasteiger partial charge in [-0.05, 0) is 38.2 Å². The predicted molar refractivity (Wildman–Crippen MR) is 106 cm³/mol. The number of aliphatic hydroxyl groups is 1. The summed E-state index contributed by atoms with van der Waals surface area (Å²) in [6, 6.07) is 6.81. The third kappa shape index (κ3) is 4.76. The van der Waals surface area contributed by atoms with Crippen molar-refractivity contribution in [1.82, 2.24) is 19.4 Å². The van der Waals surface area contributed by atoms with Gasteiger partial charge < -0.3 is 24.8 Å². The number of nitrogens with zero attached hydrogens (tertiary/aromatic N) is 4. The number of aromatic nitrogens is 2. The maximum atomic E-state index is 13.0. The molecule has 150 valence electrons. The number of β-amino-alcohol motifs (C(OH)–C–C–N with tert-alkyl or cyclic N) is 1. The van der Waals surface area contributed by atoms with Gasteiger partial charge in [0.15, 0.2) is 0 Å². The van der Waals surface area contributed by atoms with Gasteiger partial charge in [0, 0.05) is 50.2 Å². The van der Waals surface area contributed by atoms with Crippen LogP contribution in [0.15, 0.2) is 36.7 Å². The van der Waals surface area contributed by atoms with Crippen molar-refractivity contribution in [3.63, 3.8) is 0 Å². The van der Waals surface area contributed by atoms with Crippen molar-refractivity contribution in [3.05, 3.63) is 48.0 Å². The van der Waals surface area contributed by atoms with E-state index in [0.717, 1.165) is 5.82 Å². The molecular weight excluding hydrogens is 358 g/mol. The van der Waals surface area contributed by atoms with Gasteiger partial charge in [0.2, 0.25) is 5.91 Å². The van der Waals surface area contributed by atoms with Crippen molar-refractivity contribution in [3.8, 4) is 0 Å². The van der Waals surface area contributed by atoms with E-state index >= 15 is 0 Å². The second kappa shape index (κ2) is 8.12. The predicted octanol–water partition coefficient (Wildman–Crippen LogP) is 0.969. The highest BCUT2D eigenvalue weighted by atomic mass is 16.3. The van der Waals surface area contributed by atoms with Crippen molar-refractivity contribution < 1.29 is 14.7 Å². The summed E-state index contributed by atoms with van der Waals surface area (Å²) in [6.45, 7) is 5.62. The first-order chi connectivity index (χ1) is 13.3. The van der Waals surface area contributed by atoms with Gasteiger partial charge in [0.05, 0.1) is 13.1 Å². The SMILES string of the molecule is CC(=O)Nc1ccc(C(=O)N2CCN(C)CC(O)(Cn3ccnc3C)C2)cc1. The molecule has 0 saturated carbocycles. The second-order valence-corrected chi connectivity index (χ2v) is 7.55. The standard InChI is InChI=1S/C20H27N5O3/c1-15-21-8-9-24(15)13-20(28)12-23(3)10-11-25(14-20)19(27)17-4-6-18(7-5-17)22-16(2)26/h4-9,28H,10-14H2,1-3H3,(H,22,26). The van der Waals surface area contributed by atoms with Crippen LogP contribution in [0.3, 0.4) is 0 Å². The van der Waals surface area contributed by atoms with Crippen LogP contribution in [0.2, 0.25) is 0 Å². The lowest BCUT2D eigenvalue weighted by atomic mass is 10.0. The smallest absolute Gasteiger partial charge is 0.253 e. The minimum atomic E-state index is -1.08. The number of aryl methyl sites for hydroxylation is 1. The van der Waals surface area contributed by atoms with Crippen molar-refractivity contribution in [2.75, 3.05) is 38.5 Å². The van der Waals surface area contributed by atoms with Crippen molar-refractivity contribution in [2.24, 2.45) is 0 Å². The number of hydrogen-bond donors (Lipinski definition) is 2. The number of anilines is 1. The Bertz CT molecular complexity index is 848. The Morgan fingerprint density at radius 2 is 1.93 bits per heavy atom. The van der Waals surface area contributed by atoms with E-state index in [1.165, 1.54) is 6.92 Å². The normalized spacial score (nSPS) is 20.6. The molecule has 1 saturated heterocycles. The summed E-state index contributed by atoms with van der Waals surface area (Å²) < 4.78 is 1.91. The molecule has 1 aliphatic rings. The van der Waals surface area contributed by atoms with E-state index in [9.17, 15) is 14.7 Å². The largest absolute Gasteiger partial charge is 0.385 e. The van der Waals surface area contributed by atoms with Gasteiger partial charge in [-0.15, -0.1) is 0 Å². The number of carbonyl (C=O) groups excluding carboxylic acids is 2. The van der Waals surface area contributed by atoms with Crippen LogP contribution in [0.5, 0.6) is 0 Å². The van der Waals surface area contributed by atoms with E-state index in [4.69, 9.17) is 0 Å². The van der Waals surface area contributed by atoms with Gasteiger partial charge in [0.25, 0.3) is 5.91 Å². The first kappa shape index (κ1) is 20.0. The lowest BCUT2D eigenvalue weighted by Gasteiger charge is -2.33. The van der Waals surface area contributed by atoms with Gasteiger partial charge in [-0.1, -0.05) is 0 Å². The highest BCUT2D eigenvalue weighted by Gasteiger charge is 2.36. The monoisotopic (exact) mass is 385 g/mol. The quantitative estimate of drug-likeness (QED) is 0.818. The van der Waals surface area contributed by atoms with Crippen LogP contribution >= 0.6 is 0 Å². The third-order valence-corrected chi connectivity index (χ3v) is 4.93. The van der Waals surface area contributed by atoms with Crippen LogP contribution in [-0.2, 0) is 11.3 Å². The Hall–Kier alpha value is -2.71. The number of amides is 2. The molecule has 1 aromatic heterocycles. The van der Waals surface area contributed by atoms with Gasteiger partial charge in [-0.3, -0.25) is 9.59 Å². The van der Waals surface area contributed by atoms with Crippen molar-refractivity contribution in [1.29, 1.82) is 0 Å². The zero-order valence-electron chi connectivity index (χ0n) is 16.6. The molecular formula is C20H27N5O3. The van der Waals surface area contributed by atoms with Gasteiger partial charge in [0.1, 0.15) is 11.4 Å². The van der Waals surface area contributed by atoms with Gasteiger partial charge in [-0.25, -0.2) is 4.98 Å². The molecule has 0 radical (unpaired) electrons. The average molecular weight is 385 g/mol. The van der Waals surface area contributed by atoms with Crippen molar-refractivity contribution >= 4 is 17.5 Å². The van der Waals surface area contributed by atoms with Crippen molar-refractivity contribution in [2.45, 2.75) is 26.0 Å². The molecule has 1 unspecified atom stereocenters. The number of likely N-dealkylation sites (N-methyl/N-ethyl adjacent to an activating group) is 1. The highest BCUT2D eigenvalue weighted by Crippen LogP contribution is 2.20. The minimum Gasteiger partial charge on any atom is -0.385 e. The molecule has 8 heteroatoms. The molecule has 2 amide bonds. The fourth-order valence-corrected chi connectivity index (χ4v) is 3.60. The molecule has 1 aromatic carbocycles. The lowest BCUT2D eigenvalue weighted by molar-refractivity contribution is -0.114. The van der Waals surface area contributed by atoms with Crippen LogP contribution in [0.4, 0.5) is 5.69 Å². The number of carbonyl (C=O) groups is 2. The van der Waals surface area contributed by atoms with E-state index in [1.54, 1.807) is 35.4 Å². The van der Waals surface area contributed by atoms with E-state index in [1.807, 2.05) is 29.6 Å². The summed E-state index contributed by atoms with van der Waals surface area (Å²) in [5, 5.41) is 14.0. The number of imidazole rings is 1. The molecule has 2 aromatic rings. The summed E-state index contributed by atoms with van der Waals surface area (Å²) in [5.74, 6) is 0.534. The Labute approximate surface area is 164 Å². The highest BCUT2D eigenvalue weighted by molar-refractivity contribution is 5.95. The first-order valence-corrected chi connectivity index (χ1v) is 9.31. The summed E-state index contributed by atoms with van der Waals surface area (Å²) in [4.78, 5) is 32.1. The summed E-state index contributed by atoms with van der Waals surface area (Å²) >= 11 is 0. The lowest BCUT2D eigenvalue weighted by Crippen LogP contribution is -2.50. The van der Waals surface area contributed by atoms with Crippen LogP contribution in [0.1, 0.15) is 23.1 Å². The maximum absolute atomic E-state index is 13.0. The molecule has 1 atom stereocenters. The zero-order chi connectivity index (χ0) is 20.3. The Morgan fingerprint density at radius 1 is 1.21 bits per heavy atom. The van der Waals surface area contributed by atoms with E-state index < -0.39 is 5.60 Å². The molecule has 28 heavy (non-hydrogen) atoms. The Kier molecular flexibility index (Phi) is 5.81. The molecule has 1 aliphatic heterocycles. The molecule has 0 spiro atoms. The second-order valence-electron chi connectivity index (χ2n) is 7.55. The van der Waals surface area contributed by atoms with Crippen LogP contribution in [-0.4, -0.2) is 75.1 Å². The molecule has 2 heterocycles. The fourth-order valence-electron chi connectivity index (χ4n) is 3.60. The van der Waals surface area contributed by atoms with Crippen LogP contribution < -0.4 is 5.32 Å². The summed E-state index contributed by atoms with van der Waals surface area (Å²) in [5.41, 5.74) is 0.0919. The first-order valence-electron chi connectivity index (χ1n) is 9.31. The number of hydrogen-bond acceptors (Lipinski definition) is 5. The fraction of sp³-hybridized carbons (Fsp3) is 0.450. The maximum Gasteiger partial charge on any atom is 0.253 e. The van der Waals surface area contributed by atoms with E-state index in [2.05, 4.69) is 10.3 Å². The topological polar surface area (TPSA) is 90.7 Å². The summed E-state index contributed by atoms with van der Waals surface area (Å²) in [7, 11) is 1.95. The molecule has 1 fully saturated rings. The van der Waals surface area contributed by atoms with E-state index in [-0.39, 0.29) is 18.4 Å². The van der Waals surface area contributed by atoms with Crippen LogP contribution in [0, 0.1) is 6.92 Å². The molecule has 3 rings (SSSR count). The number of rotatable bonds is 4. The average Bonchev–Trinajstić information content (AvgIpc) is 2.94. The number of nitrogens with one attached hydrogen (secondary N) is 1. The summed E-state index contributed by atoms with van der Waals surface area (Å²) in [6.07, 6.45) is 3.55. The molecule has 0 aliphatic carbocycles. The zero-order valence-corrected chi connectivity index (χ0v) is 16.6. The third-order valence-electron chi connectivity index (χ3n) is 4.93. The minimum absolute atomic E-state index is 0.134. The number of benzene rings is 1. The van der Waals surface area contributed by atoms with Gasteiger partial charge >= 0.3 is 0 Å². The van der Waals surface area contributed by atoms with E-state index in [0.29, 0.717) is 37.4 Å².